The monoisotopic (exact) mass is 317 g/mol. The van der Waals surface area contributed by atoms with Gasteiger partial charge in [0, 0.05) is 18.1 Å². The lowest BCUT2D eigenvalue weighted by Gasteiger charge is -2.16. The zero-order valence-electron chi connectivity index (χ0n) is 13.9. The predicted octanol–water partition coefficient (Wildman–Crippen LogP) is 4.63. The Hall–Kier alpha value is -2.86. The van der Waals surface area contributed by atoms with E-state index in [1.54, 1.807) is 6.07 Å². The van der Waals surface area contributed by atoms with Crippen molar-refractivity contribution in [1.82, 2.24) is 0 Å². The molecule has 0 aliphatic heterocycles. The van der Waals surface area contributed by atoms with Crippen LogP contribution in [0.15, 0.2) is 42.5 Å². The number of allylic oxidation sites excluding steroid dienone is 1. The molecular formula is C21H19NO2. The number of fused-ring (bicyclic) bond motifs is 1. The normalized spacial score (nSPS) is 13.7. The minimum absolute atomic E-state index is 0.342. The number of nitriles is 1. The van der Waals surface area contributed by atoms with Crippen molar-refractivity contribution in [3.63, 3.8) is 0 Å². The molecule has 3 rings (SSSR count). The number of hydrogen-bond acceptors (Lipinski definition) is 3. The number of nitrogens with zero attached hydrogens (tertiary/aromatic N) is 1. The SMILES string of the molecule is CC(=O)OC1=C(c2ccccc2C#N)CCCc2cc(C)ccc21. The third kappa shape index (κ3) is 3.09. The van der Waals surface area contributed by atoms with Gasteiger partial charge in [0.15, 0.2) is 0 Å². The van der Waals surface area contributed by atoms with Crippen LogP contribution < -0.4 is 0 Å². The van der Waals surface area contributed by atoms with E-state index in [9.17, 15) is 10.1 Å². The molecule has 1 aliphatic rings. The second-order valence-corrected chi connectivity index (χ2v) is 6.07. The molecule has 24 heavy (non-hydrogen) atoms. The summed E-state index contributed by atoms with van der Waals surface area (Å²) < 4.78 is 5.64. The van der Waals surface area contributed by atoms with Crippen LogP contribution in [0.4, 0.5) is 0 Å². The van der Waals surface area contributed by atoms with Gasteiger partial charge in [-0.15, -0.1) is 0 Å². The van der Waals surface area contributed by atoms with Crippen LogP contribution in [0.25, 0.3) is 11.3 Å². The van der Waals surface area contributed by atoms with Crippen LogP contribution >= 0.6 is 0 Å². The van der Waals surface area contributed by atoms with Crippen molar-refractivity contribution in [2.75, 3.05) is 0 Å². The van der Waals surface area contributed by atoms with Crippen LogP contribution in [0, 0.1) is 18.3 Å². The van der Waals surface area contributed by atoms with Crippen LogP contribution in [0.1, 0.15) is 47.6 Å². The van der Waals surface area contributed by atoms with Gasteiger partial charge in [0.1, 0.15) is 5.76 Å². The van der Waals surface area contributed by atoms with E-state index < -0.39 is 0 Å². The highest BCUT2D eigenvalue weighted by atomic mass is 16.5. The van der Waals surface area contributed by atoms with Crippen LogP contribution in [0.3, 0.4) is 0 Å². The number of hydrogen-bond donors (Lipinski definition) is 0. The molecule has 2 aromatic carbocycles. The van der Waals surface area contributed by atoms with Crippen molar-refractivity contribution in [2.45, 2.75) is 33.1 Å². The van der Waals surface area contributed by atoms with Crippen LogP contribution in [0.5, 0.6) is 0 Å². The summed E-state index contributed by atoms with van der Waals surface area (Å²) in [6, 6.07) is 15.9. The van der Waals surface area contributed by atoms with Gasteiger partial charge in [-0.1, -0.05) is 42.0 Å². The molecule has 1 aliphatic carbocycles. The lowest BCUT2D eigenvalue weighted by atomic mass is 9.94. The van der Waals surface area contributed by atoms with Gasteiger partial charge < -0.3 is 4.74 Å². The standard InChI is InChI=1S/C21H19NO2/c1-14-10-11-19-16(12-14)7-5-9-20(21(19)24-15(2)23)18-8-4-3-6-17(18)13-22/h3-4,6,8,10-12H,5,7,9H2,1-2H3. The third-order valence-electron chi connectivity index (χ3n) is 4.27. The summed E-state index contributed by atoms with van der Waals surface area (Å²) in [5.74, 6) is 0.253. The number of aryl methyl sites for hydroxylation is 2. The van der Waals surface area contributed by atoms with E-state index in [-0.39, 0.29) is 5.97 Å². The Kier molecular flexibility index (Phi) is 4.48. The highest BCUT2D eigenvalue weighted by Crippen LogP contribution is 2.38. The second kappa shape index (κ2) is 6.72. The number of benzene rings is 2. The Morgan fingerprint density at radius 1 is 1.12 bits per heavy atom. The van der Waals surface area contributed by atoms with Gasteiger partial charge in [-0.2, -0.15) is 5.26 Å². The summed E-state index contributed by atoms with van der Waals surface area (Å²) in [6.45, 7) is 3.48. The predicted molar refractivity (Wildman–Crippen MR) is 93.9 cm³/mol. The fourth-order valence-corrected chi connectivity index (χ4v) is 3.24. The molecule has 0 radical (unpaired) electrons. The Bertz CT molecular complexity index is 872. The van der Waals surface area contributed by atoms with Crippen molar-refractivity contribution in [3.05, 3.63) is 70.3 Å². The molecule has 0 saturated heterocycles. The van der Waals surface area contributed by atoms with Crippen molar-refractivity contribution in [2.24, 2.45) is 0 Å². The van der Waals surface area contributed by atoms with Crippen LogP contribution in [-0.2, 0) is 16.0 Å². The van der Waals surface area contributed by atoms with E-state index in [1.807, 2.05) is 30.3 Å². The molecule has 120 valence electrons. The molecular weight excluding hydrogens is 298 g/mol. The molecule has 0 spiro atoms. The first-order valence-electron chi connectivity index (χ1n) is 8.11. The molecule has 0 saturated carbocycles. The Morgan fingerprint density at radius 3 is 2.67 bits per heavy atom. The second-order valence-electron chi connectivity index (χ2n) is 6.07. The topological polar surface area (TPSA) is 50.1 Å². The zero-order chi connectivity index (χ0) is 17.1. The molecule has 2 aromatic rings. The van der Waals surface area contributed by atoms with E-state index in [0.29, 0.717) is 11.3 Å². The van der Waals surface area contributed by atoms with Gasteiger partial charge in [0.05, 0.1) is 11.6 Å². The first-order chi connectivity index (χ1) is 11.6. The molecule has 0 bridgehead atoms. The fourth-order valence-electron chi connectivity index (χ4n) is 3.24. The van der Waals surface area contributed by atoms with Gasteiger partial charge in [0.25, 0.3) is 0 Å². The molecule has 0 amide bonds. The maximum atomic E-state index is 11.7. The molecule has 0 N–H and O–H groups in total. The van der Waals surface area contributed by atoms with Crippen LogP contribution in [0.2, 0.25) is 0 Å². The fraction of sp³-hybridized carbons (Fsp3) is 0.238. The molecule has 0 fully saturated rings. The van der Waals surface area contributed by atoms with Crippen molar-refractivity contribution < 1.29 is 9.53 Å². The summed E-state index contributed by atoms with van der Waals surface area (Å²) in [5.41, 5.74) is 5.73. The first kappa shape index (κ1) is 16.0. The highest BCUT2D eigenvalue weighted by Gasteiger charge is 2.22. The minimum Gasteiger partial charge on any atom is -0.426 e. The number of esters is 1. The average Bonchev–Trinajstić information content (AvgIpc) is 2.73. The Balaban J connectivity index is 2.27. The largest absolute Gasteiger partial charge is 0.426 e. The smallest absolute Gasteiger partial charge is 0.308 e. The maximum Gasteiger partial charge on any atom is 0.308 e. The van der Waals surface area contributed by atoms with Gasteiger partial charge in [-0.25, -0.2) is 0 Å². The Labute approximate surface area is 142 Å². The number of carbonyl (C=O) groups excluding carboxylic acids is 1. The molecule has 0 heterocycles. The van der Waals surface area contributed by atoms with Gasteiger partial charge >= 0.3 is 5.97 Å². The molecule has 0 atom stereocenters. The molecule has 0 aromatic heterocycles. The summed E-state index contributed by atoms with van der Waals surface area (Å²) in [7, 11) is 0. The van der Waals surface area contributed by atoms with Gasteiger partial charge in [-0.3, -0.25) is 4.79 Å². The molecule has 0 unspecified atom stereocenters. The first-order valence-corrected chi connectivity index (χ1v) is 8.11. The minimum atomic E-state index is -0.342. The average molecular weight is 317 g/mol. The number of rotatable bonds is 2. The van der Waals surface area contributed by atoms with E-state index in [0.717, 1.165) is 36.0 Å². The highest BCUT2D eigenvalue weighted by molar-refractivity contribution is 5.94. The van der Waals surface area contributed by atoms with Crippen LogP contribution in [-0.4, -0.2) is 5.97 Å². The number of ether oxygens (including phenoxy) is 1. The summed E-state index contributed by atoms with van der Waals surface area (Å²) in [6.07, 6.45) is 2.66. The maximum absolute atomic E-state index is 11.7. The van der Waals surface area contributed by atoms with E-state index >= 15 is 0 Å². The summed E-state index contributed by atoms with van der Waals surface area (Å²) in [5, 5.41) is 9.44. The summed E-state index contributed by atoms with van der Waals surface area (Å²) >= 11 is 0. The van der Waals surface area contributed by atoms with E-state index in [1.165, 1.54) is 18.1 Å². The van der Waals surface area contributed by atoms with Crippen molar-refractivity contribution in [1.29, 1.82) is 5.26 Å². The summed E-state index contributed by atoms with van der Waals surface area (Å²) in [4.78, 5) is 11.7. The quantitative estimate of drug-likeness (QED) is 0.758. The van der Waals surface area contributed by atoms with E-state index in [2.05, 4.69) is 19.1 Å². The van der Waals surface area contributed by atoms with E-state index in [4.69, 9.17) is 4.74 Å². The van der Waals surface area contributed by atoms with Gasteiger partial charge in [-0.05, 0) is 43.4 Å². The lowest BCUT2D eigenvalue weighted by Crippen LogP contribution is -2.03. The van der Waals surface area contributed by atoms with Crippen molar-refractivity contribution in [3.8, 4) is 6.07 Å². The lowest BCUT2D eigenvalue weighted by molar-refractivity contribution is -0.134. The Morgan fingerprint density at radius 2 is 1.92 bits per heavy atom. The molecule has 3 nitrogen and oxygen atoms in total. The van der Waals surface area contributed by atoms with Crippen molar-refractivity contribution >= 4 is 17.3 Å². The zero-order valence-corrected chi connectivity index (χ0v) is 13.9. The third-order valence-corrected chi connectivity index (χ3v) is 4.27. The molecule has 3 heteroatoms. The number of carbonyl (C=O) groups is 1. The van der Waals surface area contributed by atoms with Gasteiger partial charge in [0.2, 0.25) is 0 Å².